The lowest BCUT2D eigenvalue weighted by Gasteiger charge is -2.12. The highest BCUT2D eigenvalue weighted by Crippen LogP contribution is 2.32. The number of rotatable bonds is 4. The highest BCUT2D eigenvalue weighted by atomic mass is 32.1. The molecule has 1 amide bonds. The molecule has 18 heavy (non-hydrogen) atoms. The number of hydrogen-bond donors (Lipinski definition) is 1. The fraction of sp³-hybridized carbons (Fsp3) is 0.273. The highest BCUT2D eigenvalue weighted by Gasteiger charge is 2.23. The number of nitrogens with one attached hydrogen (secondary N) is 1. The number of thiazole rings is 1. The Bertz CT molecular complexity index is 536. The van der Waals surface area contributed by atoms with E-state index in [1.807, 2.05) is 12.1 Å². The molecule has 2 aromatic heterocycles. The van der Waals surface area contributed by atoms with Crippen LogP contribution in [0.15, 0.2) is 18.3 Å². The van der Waals surface area contributed by atoms with Crippen LogP contribution in [0.2, 0.25) is 0 Å². The third kappa shape index (κ3) is 2.22. The molecule has 2 rings (SSSR count). The first-order valence-corrected chi connectivity index (χ1v) is 5.99. The summed E-state index contributed by atoms with van der Waals surface area (Å²) >= 11 is 1.26. The summed E-state index contributed by atoms with van der Waals surface area (Å²) < 4.78 is 5.12. The molecular formula is C11H13N3O3S. The van der Waals surface area contributed by atoms with Crippen molar-refractivity contribution in [2.24, 2.45) is 0 Å². The molecule has 1 N–H and O–H groups in total. The number of aromatic amines is 1. The van der Waals surface area contributed by atoms with Crippen molar-refractivity contribution in [3.63, 3.8) is 0 Å². The maximum Gasteiger partial charge on any atom is 0.292 e. The van der Waals surface area contributed by atoms with Gasteiger partial charge in [0.05, 0.1) is 19.9 Å². The van der Waals surface area contributed by atoms with Gasteiger partial charge in [-0.25, -0.2) is 5.06 Å². The summed E-state index contributed by atoms with van der Waals surface area (Å²) in [6.45, 7) is 0. The number of nitrogens with zero attached hydrogens (tertiary/aromatic N) is 2. The van der Waals surface area contributed by atoms with E-state index in [9.17, 15) is 4.79 Å². The average Bonchev–Trinajstić information content (AvgIpc) is 3.04. The van der Waals surface area contributed by atoms with Gasteiger partial charge in [-0.2, -0.15) is 4.98 Å². The first kappa shape index (κ1) is 12.6. The van der Waals surface area contributed by atoms with Crippen LogP contribution in [0.25, 0.3) is 10.7 Å². The lowest BCUT2D eigenvalue weighted by atomic mass is 10.4. The Morgan fingerprint density at radius 2 is 2.28 bits per heavy atom. The molecule has 6 nitrogen and oxygen atoms in total. The zero-order valence-electron chi connectivity index (χ0n) is 10.3. The van der Waals surface area contributed by atoms with Crippen LogP contribution < -0.4 is 4.74 Å². The Balaban J connectivity index is 2.39. The number of H-pyrrole nitrogens is 1. The smallest absolute Gasteiger partial charge is 0.292 e. The van der Waals surface area contributed by atoms with Gasteiger partial charge < -0.3 is 9.72 Å². The van der Waals surface area contributed by atoms with E-state index in [4.69, 9.17) is 9.57 Å². The van der Waals surface area contributed by atoms with E-state index in [-0.39, 0.29) is 5.91 Å². The number of methoxy groups -OCH3 is 1. The van der Waals surface area contributed by atoms with E-state index in [1.54, 1.807) is 6.20 Å². The van der Waals surface area contributed by atoms with E-state index in [2.05, 4.69) is 9.97 Å². The summed E-state index contributed by atoms with van der Waals surface area (Å²) in [4.78, 5) is 24.6. The van der Waals surface area contributed by atoms with Crippen LogP contribution in [0.5, 0.6) is 5.88 Å². The second-order valence-electron chi connectivity index (χ2n) is 3.43. The Morgan fingerprint density at radius 1 is 1.50 bits per heavy atom. The summed E-state index contributed by atoms with van der Waals surface area (Å²) in [6.07, 6.45) is 1.80. The minimum absolute atomic E-state index is 0.287. The Hall–Kier alpha value is -1.86. The minimum atomic E-state index is -0.287. The molecule has 0 bridgehead atoms. The zero-order chi connectivity index (χ0) is 13.1. The fourth-order valence-electron chi connectivity index (χ4n) is 1.38. The quantitative estimate of drug-likeness (QED) is 0.857. The van der Waals surface area contributed by atoms with Gasteiger partial charge in [-0.15, -0.1) is 11.3 Å². The first-order valence-electron chi connectivity index (χ1n) is 5.18. The molecule has 7 heteroatoms. The standard InChI is InChI=1S/C11H13N3O3S/c1-14(17-3)11(15)8-9(16-2)13-10(18-8)7-5-4-6-12-7/h4-6,12H,1-3H3. The van der Waals surface area contributed by atoms with Gasteiger partial charge in [-0.05, 0) is 12.1 Å². The molecule has 0 radical (unpaired) electrons. The molecular weight excluding hydrogens is 254 g/mol. The van der Waals surface area contributed by atoms with E-state index in [1.165, 1.54) is 32.6 Å². The van der Waals surface area contributed by atoms with Crippen molar-refractivity contribution in [1.29, 1.82) is 0 Å². The Labute approximate surface area is 108 Å². The Morgan fingerprint density at radius 3 is 2.83 bits per heavy atom. The summed E-state index contributed by atoms with van der Waals surface area (Å²) in [5.41, 5.74) is 0.845. The van der Waals surface area contributed by atoms with Gasteiger partial charge >= 0.3 is 0 Å². The monoisotopic (exact) mass is 267 g/mol. The van der Waals surface area contributed by atoms with Crippen molar-refractivity contribution < 1.29 is 14.4 Å². The number of amides is 1. The molecule has 0 saturated heterocycles. The molecule has 0 aliphatic rings. The zero-order valence-corrected chi connectivity index (χ0v) is 11.1. The summed E-state index contributed by atoms with van der Waals surface area (Å²) in [5.74, 6) is 0.0168. The van der Waals surface area contributed by atoms with Gasteiger partial charge in [0.2, 0.25) is 5.88 Å². The molecule has 0 atom stereocenters. The topological polar surface area (TPSA) is 67.5 Å². The second-order valence-corrected chi connectivity index (χ2v) is 4.43. The van der Waals surface area contributed by atoms with Crippen LogP contribution >= 0.6 is 11.3 Å². The number of carbonyl (C=O) groups excluding carboxylic acids is 1. The summed E-state index contributed by atoms with van der Waals surface area (Å²) in [5, 5.41) is 1.83. The van der Waals surface area contributed by atoms with E-state index in [0.29, 0.717) is 15.8 Å². The van der Waals surface area contributed by atoms with Crippen molar-refractivity contribution in [3.05, 3.63) is 23.2 Å². The van der Waals surface area contributed by atoms with Crippen LogP contribution in [0.4, 0.5) is 0 Å². The maximum absolute atomic E-state index is 12.0. The van der Waals surface area contributed by atoms with E-state index >= 15 is 0 Å². The van der Waals surface area contributed by atoms with Gasteiger partial charge in [-0.1, -0.05) is 0 Å². The summed E-state index contributed by atoms with van der Waals surface area (Å²) in [6, 6.07) is 3.75. The largest absolute Gasteiger partial charge is 0.480 e. The van der Waals surface area contributed by atoms with Crippen LogP contribution in [0, 0.1) is 0 Å². The number of aromatic nitrogens is 2. The molecule has 0 aliphatic heterocycles. The molecule has 2 aromatic rings. The number of hydrogen-bond acceptors (Lipinski definition) is 5. The van der Waals surface area contributed by atoms with Crippen molar-refractivity contribution >= 4 is 17.2 Å². The van der Waals surface area contributed by atoms with Crippen LogP contribution in [0.1, 0.15) is 9.67 Å². The van der Waals surface area contributed by atoms with Crippen molar-refractivity contribution in [2.75, 3.05) is 21.3 Å². The van der Waals surface area contributed by atoms with Crippen LogP contribution in [-0.4, -0.2) is 42.2 Å². The van der Waals surface area contributed by atoms with Crippen LogP contribution in [0.3, 0.4) is 0 Å². The first-order chi connectivity index (χ1) is 8.67. The average molecular weight is 267 g/mol. The van der Waals surface area contributed by atoms with E-state index < -0.39 is 0 Å². The Kier molecular flexibility index (Phi) is 3.63. The molecule has 0 spiro atoms. The molecule has 0 saturated carbocycles. The number of carbonyl (C=O) groups is 1. The SMILES string of the molecule is COc1nc(-c2ccc[nH]2)sc1C(=O)N(C)OC. The highest BCUT2D eigenvalue weighted by molar-refractivity contribution is 7.17. The predicted molar refractivity (Wildman–Crippen MR) is 67.6 cm³/mol. The normalized spacial score (nSPS) is 10.4. The molecule has 2 heterocycles. The molecule has 0 fully saturated rings. The van der Waals surface area contributed by atoms with Crippen molar-refractivity contribution in [3.8, 4) is 16.6 Å². The lowest BCUT2D eigenvalue weighted by molar-refractivity contribution is -0.0755. The van der Waals surface area contributed by atoms with Gasteiger partial charge in [0.15, 0.2) is 4.88 Å². The van der Waals surface area contributed by atoms with Crippen LogP contribution in [-0.2, 0) is 4.84 Å². The minimum Gasteiger partial charge on any atom is -0.480 e. The fourth-order valence-corrected chi connectivity index (χ4v) is 2.38. The molecule has 96 valence electrons. The number of ether oxygens (including phenoxy) is 1. The maximum atomic E-state index is 12.0. The van der Waals surface area contributed by atoms with Crippen molar-refractivity contribution in [1.82, 2.24) is 15.0 Å². The predicted octanol–water partition coefficient (Wildman–Crippen LogP) is 1.78. The second kappa shape index (κ2) is 5.19. The molecule has 0 aromatic carbocycles. The number of hydroxylamine groups is 2. The van der Waals surface area contributed by atoms with E-state index in [0.717, 1.165) is 10.8 Å². The van der Waals surface area contributed by atoms with Gasteiger partial charge in [0.25, 0.3) is 5.91 Å². The van der Waals surface area contributed by atoms with Gasteiger partial charge in [0.1, 0.15) is 5.01 Å². The van der Waals surface area contributed by atoms with Gasteiger partial charge in [0, 0.05) is 13.2 Å². The third-order valence-corrected chi connectivity index (χ3v) is 3.43. The lowest BCUT2D eigenvalue weighted by Crippen LogP contribution is -2.24. The third-order valence-electron chi connectivity index (χ3n) is 2.37. The van der Waals surface area contributed by atoms with Gasteiger partial charge in [-0.3, -0.25) is 9.63 Å². The molecule has 0 aliphatic carbocycles. The van der Waals surface area contributed by atoms with Crippen molar-refractivity contribution in [2.45, 2.75) is 0 Å². The summed E-state index contributed by atoms with van der Waals surface area (Å²) in [7, 11) is 4.45. The molecule has 0 unspecified atom stereocenters.